The molecular formula is C33H43N3O8. The lowest BCUT2D eigenvalue weighted by molar-refractivity contribution is -0.147. The lowest BCUT2D eigenvalue weighted by atomic mass is 9.98. The molecule has 44 heavy (non-hydrogen) atoms. The van der Waals surface area contributed by atoms with E-state index in [0.29, 0.717) is 6.42 Å². The van der Waals surface area contributed by atoms with Crippen LogP contribution in [0.1, 0.15) is 30.4 Å². The summed E-state index contributed by atoms with van der Waals surface area (Å²) in [4.78, 5) is 51.1. The van der Waals surface area contributed by atoms with Crippen LogP contribution in [0.25, 0.3) is 0 Å². The van der Waals surface area contributed by atoms with Gasteiger partial charge in [-0.1, -0.05) is 72.8 Å². The first-order valence-electron chi connectivity index (χ1n) is 14.5. The van der Waals surface area contributed by atoms with Gasteiger partial charge in [-0.25, -0.2) is 9.59 Å². The summed E-state index contributed by atoms with van der Waals surface area (Å²) in [5.74, 6) is -2.13. The first kappa shape index (κ1) is 35.7. The number of hydrogen-bond donors (Lipinski definition) is 4. The van der Waals surface area contributed by atoms with Crippen molar-refractivity contribution in [3.8, 4) is 0 Å². The number of alkyl carbamates (subject to hydrolysis) is 1. The Hall–Kier alpha value is -4.48. The Morgan fingerprint density at radius 1 is 0.841 bits per heavy atom. The summed E-state index contributed by atoms with van der Waals surface area (Å²) in [6.45, 7) is 7.76. The van der Waals surface area contributed by atoms with E-state index in [1.54, 1.807) is 6.08 Å². The number of carbonyl (C=O) groups excluding carboxylic acids is 4. The van der Waals surface area contributed by atoms with Crippen LogP contribution in [0.5, 0.6) is 0 Å². The number of amides is 3. The molecule has 0 aliphatic rings. The maximum atomic E-state index is 13.3. The third-order valence-corrected chi connectivity index (χ3v) is 6.35. The third kappa shape index (κ3) is 14.6. The fraction of sp³-hybridized carbons (Fsp3) is 0.394. The Morgan fingerprint density at radius 2 is 1.50 bits per heavy atom. The van der Waals surface area contributed by atoms with Crippen molar-refractivity contribution in [2.45, 2.75) is 44.4 Å². The summed E-state index contributed by atoms with van der Waals surface area (Å²) in [6.07, 6.45) is 2.91. The van der Waals surface area contributed by atoms with Crippen LogP contribution in [-0.2, 0) is 41.6 Å². The highest BCUT2D eigenvalue weighted by molar-refractivity contribution is 5.86. The molecular weight excluding hydrogens is 566 g/mol. The average molecular weight is 610 g/mol. The Kier molecular flexibility index (Phi) is 17.2. The van der Waals surface area contributed by atoms with Crippen LogP contribution in [0.4, 0.5) is 4.79 Å². The van der Waals surface area contributed by atoms with E-state index in [1.807, 2.05) is 60.7 Å². The van der Waals surface area contributed by atoms with Gasteiger partial charge in [0, 0.05) is 13.0 Å². The van der Waals surface area contributed by atoms with E-state index in [0.717, 1.165) is 11.1 Å². The van der Waals surface area contributed by atoms with Gasteiger partial charge in [-0.3, -0.25) is 9.59 Å². The summed E-state index contributed by atoms with van der Waals surface area (Å²) in [5.41, 5.74) is 1.70. The van der Waals surface area contributed by atoms with Crippen LogP contribution in [0.2, 0.25) is 0 Å². The third-order valence-electron chi connectivity index (χ3n) is 6.35. The molecule has 0 aliphatic heterocycles. The summed E-state index contributed by atoms with van der Waals surface area (Å²) >= 11 is 0. The molecule has 0 saturated heterocycles. The number of rotatable bonds is 21. The molecule has 11 heteroatoms. The first-order chi connectivity index (χ1) is 21.4. The van der Waals surface area contributed by atoms with Gasteiger partial charge < -0.3 is 35.3 Å². The van der Waals surface area contributed by atoms with Gasteiger partial charge in [-0.15, -0.1) is 13.2 Å². The van der Waals surface area contributed by atoms with Gasteiger partial charge >= 0.3 is 12.1 Å². The molecule has 0 aliphatic carbocycles. The molecule has 2 rings (SSSR count). The van der Waals surface area contributed by atoms with Crippen LogP contribution in [0.3, 0.4) is 0 Å². The molecule has 0 bridgehead atoms. The number of hydrogen-bond acceptors (Lipinski definition) is 8. The lowest BCUT2D eigenvalue weighted by Gasteiger charge is -2.23. The summed E-state index contributed by atoms with van der Waals surface area (Å²) in [5, 5.41) is 16.9. The molecule has 0 radical (unpaired) electrons. The van der Waals surface area contributed by atoms with Gasteiger partial charge in [0.2, 0.25) is 11.8 Å². The molecule has 0 spiro atoms. The smallest absolute Gasteiger partial charge is 0.408 e. The summed E-state index contributed by atoms with van der Waals surface area (Å²) < 4.78 is 15.9. The molecule has 3 amide bonds. The van der Waals surface area contributed by atoms with Crippen LogP contribution < -0.4 is 16.0 Å². The molecule has 3 atom stereocenters. The molecule has 11 nitrogen and oxygen atoms in total. The fourth-order valence-corrected chi connectivity index (χ4v) is 4.15. The maximum Gasteiger partial charge on any atom is 0.408 e. The topological polar surface area (TPSA) is 152 Å². The van der Waals surface area contributed by atoms with Gasteiger partial charge in [0.25, 0.3) is 0 Å². The SMILES string of the molecule is C=CC[C@H](CC(=O)NCCOCCO)C(=O)N[C@H](COC(=O)[C@@H](CC=C)NC(=O)OCc1ccccc1)Cc1ccccc1. The Morgan fingerprint density at radius 3 is 2.14 bits per heavy atom. The summed E-state index contributed by atoms with van der Waals surface area (Å²) in [6, 6.07) is 16.8. The lowest BCUT2D eigenvalue weighted by Crippen LogP contribution is -2.46. The molecule has 0 heterocycles. The number of benzene rings is 2. The number of aliphatic hydroxyl groups excluding tert-OH is 1. The maximum absolute atomic E-state index is 13.3. The molecule has 0 unspecified atom stereocenters. The molecule has 0 fully saturated rings. The Bertz CT molecular complexity index is 1180. The average Bonchev–Trinajstić information content (AvgIpc) is 3.03. The quantitative estimate of drug-likeness (QED) is 0.0958. The van der Waals surface area contributed by atoms with E-state index in [1.165, 1.54) is 6.08 Å². The number of ether oxygens (including phenoxy) is 3. The molecule has 0 saturated carbocycles. The number of allylic oxidation sites excluding steroid dienone is 1. The zero-order valence-electron chi connectivity index (χ0n) is 25.0. The van der Waals surface area contributed by atoms with Crippen molar-refractivity contribution < 1.29 is 38.5 Å². The monoisotopic (exact) mass is 609 g/mol. The van der Waals surface area contributed by atoms with Crippen molar-refractivity contribution in [2.75, 3.05) is 33.0 Å². The standard InChI is InChI=1S/C33H43N3O8/c1-3-11-27(22-30(38)34-17-19-42-20-18-37)31(39)35-28(21-25-13-7-5-8-14-25)24-43-32(40)29(12-4-2)36-33(41)44-23-26-15-9-6-10-16-26/h3-10,13-16,27-29,37H,1-2,11-12,17-24H2,(H,34,38)(H,35,39)(H,36,41)/t27-,28+,29-/m1/s1. The van der Waals surface area contributed by atoms with E-state index in [2.05, 4.69) is 29.1 Å². The second-order valence-corrected chi connectivity index (χ2v) is 9.92. The number of esters is 1. The fourth-order valence-electron chi connectivity index (χ4n) is 4.15. The van der Waals surface area contributed by atoms with Gasteiger partial charge in [0.15, 0.2) is 0 Å². The molecule has 238 valence electrons. The first-order valence-corrected chi connectivity index (χ1v) is 14.5. The van der Waals surface area contributed by atoms with Crippen molar-refractivity contribution in [2.24, 2.45) is 5.92 Å². The minimum absolute atomic E-state index is 0.0368. The molecule has 0 aromatic heterocycles. The highest BCUT2D eigenvalue weighted by Crippen LogP contribution is 2.12. The van der Waals surface area contributed by atoms with Gasteiger partial charge in [-0.05, 0) is 30.4 Å². The van der Waals surface area contributed by atoms with E-state index >= 15 is 0 Å². The van der Waals surface area contributed by atoms with Crippen LogP contribution in [0, 0.1) is 5.92 Å². The highest BCUT2D eigenvalue weighted by Gasteiger charge is 2.26. The number of aliphatic hydroxyl groups is 1. The minimum atomic E-state index is -1.04. The molecule has 4 N–H and O–H groups in total. The van der Waals surface area contributed by atoms with Crippen molar-refractivity contribution >= 4 is 23.9 Å². The van der Waals surface area contributed by atoms with E-state index in [4.69, 9.17) is 19.3 Å². The zero-order valence-corrected chi connectivity index (χ0v) is 25.0. The Labute approximate surface area is 258 Å². The highest BCUT2D eigenvalue weighted by atomic mass is 16.6. The second kappa shape index (κ2) is 21.2. The van der Waals surface area contributed by atoms with Gasteiger partial charge in [-0.2, -0.15) is 0 Å². The van der Waals surface area contributed by atoms with E-state index in [-0.39, 0.29) is 70.7 Å². The van der Waals surface area contributed by atoms with Crippen LogP contribution >= 0.6 is 0 Å². The largest absolute Gasteiger partial charge is 0.462 e. The van der Waals surface area contributed by atoms with Crippen molar-refractivity contribution in [1.29, 1.82) is 0 Å². The Balaban J connectivity index is 2.00. The van der Waals surface area contributed by atoms with E-state index < -0.39 is 30.1 Å². The second-order valence-electron chi connectivity index (χ2n) is 9.92. The van der Waals surface area contributed by atoms with Crippen LogP contribution in [0.15, 0.2) is 86.0 Å². The molecule has 2 aromatic carbocycles. The van der Waals surface area contributed by atoms with Gasteiger partial charge in [0.1, 0.15) is 19.3 Å². The van der Waals surface area contributed by atoms with Crippen molar-refractivity contribution in [1.82, 2.24) is 16.0 Å². The van der Waals surface area contributed by atoms with Crippen LogP contribution in [-0.4, -0.2) is 74.0 Å². The van der Waals surface area contributed by atoms with Gasteiger partial charge in [0.05, 0.1) is 31.8 Å². The van der Waals surface area contributed by atoms with E-state index in [9.17, 15) is 19.2 Å². The number of carbonyl (C=O) groups is 4. The number of nitrogens with one attached hydrogen (secondary N) is 3. The van der Waals surface area contributed by atoms with Crippen molar-refractivity contribution in [3.05, 3.63) is 97.1 Å². The normalized spacial score (nSPS) is 12.6. The molecule has 2 aromatic rings. The predicted molar refractivity (Wildman–Crippen MR) is 165 cm³/mol. The van der Waals surface area contributed by atoms with Crippen molar-refractivity contribution in [3.63, 3.8) is 0 Å². The minimum Gasteiger partial charge on any atom is -0.462 e. The zero-order chi connectivity index (χ0) is 32.0. The predicted octanol–water partition coefficient (Wildman–Crippen LogP) is 2.84. The summed E-state index contributed by atoms with van der Waals surface area (Å²) in [7, 11) is 0.